The molecule has 1 N–H and O–H groups in total. The number of rotatable bonds is 4. The van der Waals surface area contributed by atoms with E-state index in [9.17, 15) is 0 Å². The Morgan fingerprint density at radius 1 is 1.38 bits per heavy atom. The van der Waals surface area contributed by atoms with Crippen molar-refractivity contribution in [2.24, 2.45) is 14.1 Å². The maximum absolute atomic E-state index is 4.36. The Labute approximate surface area is 93.5 Å². The van der Waals surface area contributed by atoms with Gasteiger partial charge in [0.25, 0.3) is 0 Å². The Balaban J connectivity index is 2.12. The van der Waals surface area contributed by atoms with E-state index in [1.54, 1.807) is 11.7 Å². The number of likely N-dealkylation sites (N-methyl/N-ethyl adjacent to an activating group) is 1. The molecule has 86 valence electrons. The largest absolute Gasteiger partial charge is 0.311 e. The number of hydrogen-bond acceptors (Lipinski definition) is 5. The molecule has 0 saturated heterocycles. The van der Waals surface area contributed by atoms with Gasteiger partial charge in [0.1, 0.15) is 0 Å². The molecule has 0 amide bonds. The molecule has 1 unspecified atom stereocenters. The highest BCUT2D eigenvalue weighted by atomic mass is 15.6. The molecule has 7 heteroatoms. The van der Waals surface area contributed by atoms with Crippen LogP contribution in [0.15, 0.2) is 12.3 Å². The lowest BCUT2D eigenvalue weighted by molar-refractivity contribution is 0.546. The number of aromatic nitrogens is 6. The number of aryl methyl sites for hydroxylation is 2. The molecule has 7 nitrogen and oxygen atoms in total. The van der Waals surface area contributed by atoms with Gasteiger partial charge in [-0.3, -0.25) is 4.68 Å². The number of tetrazole rings is 1. The van der Waals surface area contributed by atoms with Crippen LogP contribution in [-0.4, -0.2) is 37.0 Å². The molecule has 0 radical (unpaired) electrons. The van der Waals surface area contributed by atoms with Crippen LogP contribution in [0.4, 0.5) is 0 Å². The summed E-state index contributed by atoms with van der Waals surface area (Å²) in [5.74, 6) is 0.715. The van der Waals surface area contributed by atoms with E-state index < -0.39 is 0 Å². The Morgan fingerprint density at radius 2 is 2.19 bits per heavy atom. The van der Waals surface area contributed by atoms with Gasteiger partial charge in [0, 0.05) is 19.7 Å². The van der Waals surface area contributed by atoms with Crippen molar-refractivity contribution in [2.75, 3.05) is 7.05 Å². The first kappa shape index (κ1) is 10.7. The zero-order chi connectivity index (χ0) is 11.5. The zero-order valence-corrected chi connectivity index (χ0v) is 9.62. The Kier molecular flexibility index (Phi) is 2.95. The molecule has 2 aromatic heterocycles. The topological polar surface area (TPSA) is 73.5 Å². The van der Waals surface area contributed by atoms with Crippen molar-refractivity contribution < 1.29 is 0 Å². The van der Waals surface area contributed by atoms with Gasteiger partial charge < -0.3 is 5.32 Å². The normalized spacial score (nSPS) is 12.9. The zero-order valence-electron chi connectivity index (χ0n) is 9.62. The van der Waals surface area contributed by atoms with Gasteiger partial charge in [-0.15, -0.1) is 10.2 Å². The molecule has 0 spiro atoms. The smallest absolute Gasteiger partial charge is 0.176 e. The van der Waals surface area contributed by atoms with Crippen molar-refractivity contribution in [3.8, 4) is 0 Å². The molecule has 1 atom stereocenters. The minimum absolute atomic E-state index is 0.116. The first-order valence-electron chi connectivity index (χ1n) is 5.08. The molecule has 0 aliphatic heterocycles. The highest BCUT2D eigenvalue weighted by Gasteiger charge is 2.15. The van der Waals surface area contributed by atoms with Gasteiger partial charge in [0.15, 0.2) is 5.82 Å². The van der Waals surface area contributed by atoms with E-state index in [0.717, 1.165) is 5.69 Å². The van der Waals surface area contributed by atoms with E-state index in [2.05, 4.69) is 25.8 Å². The molecule has 2 aromatic rings. The maximum Gasteiger partial charge on any atom is 0.176 e. The van der Waals surface area contributed by atoms with Gasteiger partial charge in [0.05, 0.1) is 18.8 Å². The summed E-state index contributed by atoms with van der Waals surface area (Å²) in [5.41, 5.74) is 0.984. The van der Waals surface area contributed by atoms with Crippen LogP contribution < -0.4 is 5.32 Å². The fourth-order valence-corrected chi connectivity index (χ4v) is 1.56. The lowest BCUT2D eigenvalue weighted by atomic mass is 10.1. The van der Waals surface area contributed by atoms with Crippen LogP contribution in [0.1, 0.15) is 17.6 Å². The third-order valence-electron chi connectivity index (χ3n) is 2.38. The average Bonchev–Trinajstić information content (AvgIpc) is 2.84. The Morgan fingerprint density at radius 3 is 2.69 bits per heavy atom. The lowest BCUT2D eigenvalue weighted by Gasteiger charge is -2.10. The van der Waals surface area contributed by atoms with Crippen molar-refractivity contribution in [1.29, 1.82) is 0 Å². The van der Waals surface area contributed by atoms with Crippen LogP contribution in [0.25, 0.3) is 0 Å². The van der Waals surface area contributed by atoms with Gasteiger partial charge >= 0.3 is 0 Å². The fourth-order valence-electron chi connectivity index (χ4n) is 1.56. The predicted octanol–water partition coefficient (Wildman–Crippen LogP) is -0.553. The lowest BCUT2D eigenvalue weighted by Crippen LogP contribution is -2.20. The summed E-state index contributed by atoms with van der Waals surface area (Å²) in [6, 6.07) is 2.10. The van der Waals surface area contributed by atoms with Crippen LogP contribution >= 0.6 is 0 Å². The van der Waals surface area contributed by atoms with Crippen LogP contribution in [0.2, 0.25) is 0 Å². The fraction of sp³-hybridized carbons (Fsp3) is 0.556. The quantitative estimate of drug-likeness (QED) is 0.749. The molecular formula is C9H15N7. The van der Waals surface area contributed by atoms with E-state index in [1.807, 2.05) is 26.4 Å². The summed E-state index contributed by atoms with van der Waals surface area (Å²) in [6.45, 7) is 0. The Hall–Kier alpha value is -1.76. The molecule has 2 rings (SSSR count). The molecule has 0 fully saturated rings. The van der Waals surface area contributed by atoms with Gasteiger partial charge in [-0.1, -0.05) is 0 Å². The van der Waals surface area contributed by atoms with Crippen molar-refractivity contribution >= 4 is 0 Å². The molecule has 0 aliphatic rings. The summed E-state index contributed by atoms with van der Waals surface area (Å²) >= 11 is 0. The van der Waals surface area contributed by atoms with Gasteiger partial charge in [-0.05, 0) is 18.3 Å². The van der Waals surface area contributed by atoms with Crippen molar-refractivity contribution in [3.05, 3.63) is 23.8 Å². The second-order valence-electron chi connectivity index (χ2n) is 3.65. The number of nitrogens with one attached hydrogen (secondary N) is 1. The summed E-state index contributed by atoms with van der Waals surface area (Å²) < 4.78 is 1.78. The Bertz CT molecular complexity index is 458. The third kappa shape index (κ3) is 2.25. The van der Waals surface area contributed by atoms with Crippen LogP contribution in [0.3, 0.4) is 0 Å². The van der Waals surface area contributed by atoms with Crippen LogP contribution in [-0.2, 0) is 20.5 Å². The summed E-state index contributed by atoms with van der Waals surface area (Å²) in [4.78, 5) is 1.46. The number of nitrogens with zero attached hydrogens (tertiary/aromatic N) is 6. The highest BCUT2D eigenvalue weighted by molar-refractivity contribution is 5.07. The second-order valence-corrected chi connectivity index (χ2v) is 3.65. The molecule has 2 heterocycles. The van der Waals surface area contributed by atoms with E-state index in [4.69, 9.17) is 0 Å². The molecule has 0 aromatic carbocycles. The summed E-state index contributed by atoms with van der Waals surface area (Å²) in [7, 11) is 5.55. The maximum atomic E-state index is 4.36. The molecule has 16 heavy (non-hydrogen) atoms. The first-order chi connectivity index (χ1) is 7.69. The van der Waals surface area contributed by atoms with E-state index in [-0.39, 0.29) is 6.04 Å². The average molecular weight is 221 g/mol. The van der Waals surface area contributed by atoms with E-state index in [0.29, 0.717) is 12.2 Å². The first-order valence-corrected chi connectivity index (χ1v) is 5.08. The second kappa shape index (κ2) is 4.40. The third-order valence-corrected chi connectivity index (χ3v) is 2.38. The predicted molar refractivity (Wildman–Crippen MR) is 57.5 cm³/mol. The molecule has 0 aliphatic carbocycles. The van der Waals surface area contributed by atoms with Gasteiger partial charge in [-0.2, -0.15) is 9.90 Å². The monoisotopic (exact) mass is 221 g/mol. The van der Waals surface area contributed by atoms with Crippen molar-refractivity contribution in [2.45, 2.75) is 12.5 Å². The summed E-state index contributed by atoms with van der Waals surface area (Å²) in [5, 5.41) is 19.5. The van der Waals surface area contributed by atoms with Gasteiger partial charge in [0.2, 0.25) is 0 Å². The van der Waals surface area contributed by atoms with Crippen LogP contribution in [0.5, 0.6) is 0 Å². The van der Waals surface area contributed by atoms with Crippen molar-refractivity contribution in [1.82, 2.24) is 35.3 Å². The molecule has 0 saturated carbocycles. The minimum atomic E-state index is 0.116. The van der Waals surface area contributed by atoms with Crippen LogP contribution in [0, 0.1) is 0 Å². The summed E-state index contributed by atoms with van der Waals surface area (Å²) in [6.07, 6.45) is 2.60. The SMILES string of the molecule is CNC(Cc1nnn(C)n1)c1ccn(C)n1. The molecule has 0 bridgehead atoms. The van der Waals surface area contributed by atoms with Crippen molar-refractivity contribution in [3.63, 3.8) is 0 Å². The highest BCUT2D eigenvalue weighted by Crippen LogP contribution is 2.13. The van der Waals surface area contributed by atoms with E-state index in [1.165, 1.54) is 4.80 Å². The molecular weight excluding hydrogens is 206 g/mol. The number of hydrogen-bond donors (Lipinski definition) is 1. The van der Waals surface area contributed by atoms with E-state index >= 15 is 0 Å². The van der Waals surface area contributed by atoms with Gasteiger partial charge in [-0.25, -0.2) is 0 Å². The minimum Gasteiger partial charge on any atom is -0.311 e. The standard InChI is InChI=1S/C9H15N7/c1-10-8(7-4-5-15(2)12-7)6-9-11-14-16(3)13-9/h4-5,8,10H,6H2,1-3H3.